The van der Waals surface area contributed by atoms with Crippen LogP contribution in [0.15, 0.2) is 21.6 Å². The molecule has 0 aliphatic heterocycles. The molecule has 0 heterocycles. The third-order valence-electron chi connectivity index (χ3n) is 3.19. The molecule has 0 amide bonds. The second-order valence-corrected chi connectivity index (χ2v) is 5.03. The van der Waals surface area contributed by atoms with Gasteiger partial charge in [-0.3, -0.25) is 0 Å². The zero-order valence-electron chi connectivity index (χ0n) is 8.89. The Morgan fingerprint density at radius 1 is 1.50 bits per heavy atom. The number of hydrogen-bond donors (Lipinski definition) is 0. The smallest absolute Gasteiger partial charge is 0.211 e. The molecule has 84 valence electrons. The van der Waals surface area contributed by atoms with Gasteiger partial charge in [0.1, 0.15) is 5.82 Å². The van der Waals surface area contributed by atoms with Gasteiger partial charge in [0.25, 0.3) is 0 Å². The summed E-state index contributed by atoms with van der Waals surface area (Å²) in [5.74, 6) is -0.256. The fraction of sp³-hybridized carbons (Fsp3) is 0.417. The molecule has 4 heteroatoms. The number of isocyanates is 1. The van der Waals surface area contributed by atoms with Crippen LogP contribution in [0.25, 0.3) is 0 Å². The van der Waals surface area contributed by atoms with Gasteiger partial charge in [0.15, 0.2) is 0 Å². The van der Waals surface area contributed by atoms with Crippen LogP contribution in [-0.4, -0.2) is 6.08 Å². The van der Waals surface area contributed by atoms with Crippen LogP contribution < -0.4 is 0 Å². The molecular weight excluding hydrogens is 273 g/mol. The maximum absolute atomic E-state index is 13.5. The quantitative estimate of drug-likeness (QED) is 0.602. The molecule has 1 saturated carbocycles. The van der Waals surface area contributed by atoms with Crippen molar-refractivity contribution < 1.29 is 9.18 Å². The summed E-state index contributed by atoms with van der Waals surface area (Å²) in [6.45, 7) is 1.71. The normalized spacial score (nSPS) is 17.4. The second kappa shape index (κ2) is 4.11. The van der Waals surface area contributed by atoms with Crippen LogP contribution >= 0.6 is 15.9 Å². The fourth-order valence-electron chi connectivity index (χ4n) is 2.06. The molecule has 2 nitrogen and oxygen atoms in total. The molecule has 0 radical (unpaired) electrons. The third-order valence-corrected chi connectivity index (χ3v) is 3.76. The molecule has 0 N–H and O–H groups in total. The lowest BCUT2D eigenvalue weighted by molar-refractivity contribution is 0.255. The van der Waals surface area contributed by atoms with Crippen molar-refractivity contribution >= 4 is 22.0 Å². The Hall–Kier alpha value is -0.990. The van der Waals surface area contributed by atoms with Crippen molar-refractivity contribution in [3.63, 3.8) is 0 Å². The highest BCUT2D eigenvalue weighted by Gasteiger charge is 2.39. The molecule has 0 bridgehead atoms. The maximum atomic E-state index is 13.5. The Morgan fingerprint density at radius 2 is 2.19 bits per heavy atom. The number of aryl methyl sites for hydroxylation is 1. The number of halogens is 2. The lowest BCUT2D eigenvalue weighted by atomic mass is 9.72. The highest BCUT2D eigenvalue weighted by atomic mass is 79.9. The van der Waals surface area contributed by atoms with Gasteiger partial charge in [-0.15, -0.1) is 0 Å². The molecule has 16 heavy (non-hydrogen) atoms. The van der Waals surface area contributed by atoms with Crippen LogP contribution in [0.1, 0.15) is 30.4 Å². The first kappa shape index (κ1) is 11.5. The van der Waals surface area contributed by atoms with Gasteiger partial charge < -0.3 is 0 Å². The predicted octanol–water partition coefficient (Wildman–Crippen LogP) is 3.61. The largest absolute Gasteiger partial charge is 0.235 e. The van der Waals surface area contributed by atoms with Crippen molar-refractivity contribution in [3.8, 4) is 0 Å². The Bertz CT molecular complexity index is 453. The summed E-state index contributed by atoms with van der Waals surface area (Å²) >= 11 is 3.18. The van der Waals surface area contributed by atoms with E-state index in [0.29, 0.717) is 10.0 Å². The van der Waals surface area contributed by atoms with Gasteiger partial charge in [-0.2, -0.15) is 4.99 Å². The van der Waals surface area contributed by atoms with Crippen LogP contribution in [-0.2, 0) is 10.3 Å². The van der Waals surface area contributed by atoms with Gasteiger partial charge in [0.2, 0.25) is 6.08 Å². The minimum atomic E-state index is -0.456. The van der Waals surface area contributed by atoms with Crippen molar-refractivity contribution in [1.29, 1.82) is 0 Å². The van der Waals surface area contributed by atoms with E-state index in [9.17, 15) is 9.18 Å². The summed E-state index contributed by atoms with van der Waals surface area (Å²) in [6.07, 6.45) is 4.34. The van der Waals surface area contributed by atoms with Gasteiger partial charge in [0, 0.05) is 0 Å². The van der Waals surface area contributed by atoms with Crippen molar-refractivity contribution in [3.05, 3.63) is 33.5 Å². The number of nitrogens with zero attached hydrogens (tertiary/aromatic N) is 1. The van der Waals surface area contributed by atoms with E-state index in [1.807, 2.05) is 0 Å². The van der Waals surface area contributed by atoms with E-state index in [-0.39, 0.29) is 5.82 Å². The Balaban J connectivity index is 2.51. The van der Waals surface area contributed by atoms with Crippen LogP contribution in [0.2, 0.25) is 0 Å². The van der Waals surface area contributed by atoms with Crippen LogP contribution in [0.4, 0.5) is 4.39 Å². The van der Waals surface area contributed by atoms with Gasteiger partial charge in [-0.25, -0.2) is 9.18 Å². The second-order valence-electron chi connectivity index (χ2n) is 4.18. The molecular formula is C12H11BrFNO. The molecule has 0 unspecified atom stereocenters. The van der Waals surface area contributed by atoms with Gasteiger partial charge in [-0.05, 0) is 59.3 Å². The SMILES string of the molecule is Cc1cc(C2(N=C=O)CCC2)cc(Br)c1F. The van der Waals surface area contributed by atoms with E-state index in [2.05, 4.69) is 20.9 Å². The first-order chi connectivity index (χ1) is 7.59. The van der Waals surface area contributed by atoms with Gasteiger partial charge in [0.05, 0.1) is 10.0 Å². The van der Waals surface area contributed by atoms with Crippen molar-refractivity contribution in [2.45, 2.75) is 31.7 Å². The summed E-state index contributed by atoms with van der Waals surface area (Å²) in [7, 11) is 0. The minimum Gasteiger partial charge on any atom is -0.211 e. The summed E-state index contributed by atoms with van der Waals surface area (Å²) in [5.41, 5.74) is 1.01. The van der Waals surface area contributed by atoms with Crippen LogP contribution in [0.3, 0.4) is 0 Å². The third kappa shape index (κ3) is 1.72. The average molecular weight is 284 g/mol. The zero-order valence-corrected chi connectivity index (χ0v) is 10.5. The van der Waals surface area contributed by atoms with Crippen molar-refractivity contribution in [2.24, 2.45) is 4.99 Å². The fourth-order valence-corrected chi connectivity index (χ4v) is 2.62. The summed E-state index contributed by atoms with van der Waals surface area (Å²) in [4.78, 5) is 14.3. The Labute approximate surface area is 102 Å². The first-order valence-electron chi connectivity index (χ1n) is 5.14. The minimum absolute atomic E-state index is 0.256. The first-order valence-corrected chi connectivity index (χ1v) is 5.93. The average Bonchev–Trinajstić information content (AvgIpc) is 2.19. The monoisotopic (exact) mass is 283 g/mol. The molecule has 2 rings (SSSR count). The Morgan fingerprint density at radius 3 is 2.62 bits per heavy atom. The van der Waals surface area contributed by atoms with Gasteiger partial charge >= 0.3 is 0 Å². The van der Waals surface area contributed by atoms with E-state index in [0.717, 1.165) is 24.8 Å². The van der Waals surface area contributed by atoms with E-state index >= 15 is 0 Å². The molecule has 1 aromatic carbocycles. The maximum Gasteiger partial charge on any atom is 0.235 e. The molecule has 0 atom stereocenters. The molecule has 0 aromatic heterocycles. The number of carbonyl (C=O) groups excluding carboxylic acids is 1. The number of rotatable bonds is 2. The van der Waals surface area contributed by atoms with Gasteiger partial charge in [-0.1, -0.05) is 6.07 Å². The summed E-state index contributed by atoms with van der Waals surface area (Å²) < 4.78 is 13.9. The van der Waals surface area contributed by atoms with Crippen molar-refractivity contribution in [1.82, 2.24) is 0 Å². The number of hydrogen-bond acceptors (Lipinski definition) is 2. The molecule has 1 aliphatic rings. The molecule has 1 fully saturated rings. The number of aliphatic imine (C=N–C) groups is 1. The lowest BCUT2D eigenvalue weighted by Crippen LogP contribution is -2.32. The topological polar surface area (TPSA) is 29.4 Å². The van der Waals surface area contributed by atoms with E-state index in [4.69, 9.17) is 0 Å². The standard InChI is InChI=1S/C12H11BrFNO/c1-8-5-9(6-10(13)11(8)14)12(15-7-16)3-2-4-12/h5-6H,2-4H2,1H3. The highest BCUT2D eigenvalue weighted by molar-refractivity contribution is 9.10. The van der Waals surface area contributed by atoms with Crippen LogP contribution in [0, 0.1) is 12.7 Å². The summed E-state index contributed by atoms with van der Waals surface area (Å²) in [6, 6.07) is 3.47. The van der Waals surface area contributed by atoms with E-state index < -0.39 is 5.54 Å². The summed E-state index contributed by atoms with van der Waals surface area (Å²) in [5, 5.41) is 0. The molecule has 1 aromatic rings. The lowest BCUT2D eigenvalue weighted by Gasteiger charge is -2.37. The molecule has 1 aliphatic carbocycles. The molecule has 0 spiro atoms. The van der Waals surface area contributed by atoms with Crippen LogP contribution in [0.5, 0.6) is 0 Å². The van der Waals surface area contributed by atoms with Crippen molar-refractivity contribution in [2.75, 3.05) is 0 Å². The zero-order chi connectivity index (χ0) is 11.8. The van der Waals surface area contributed by atoms with E-state index in [1.54, 1.807) is 25.1 Å². The molecule has 0 saturated heterocycles. The highest BCUT2D eigenvalue weighted by Crippen LogP contribution is 2.45. The number of benzene rings is 1. The predicted molar refractivity (Wildman–Crippen MR) is 62.5 cm³/mol. The van der Waals surface area contributed by atoms with E-state index in [1.165, 1.54) is 0 Å². The Kier molecular flexibility index (Phi) is 2.96.